The third kappa shape index (κ3) is 2.15. The maximum atomic E-state index is 9.79. The van der Waals surface area contributed by atoms with E-state index < -0.39 is 0 Å². The molecule has 2 nitrogen and oxygen atoms in total. The van der Waals surface area contributed by atoms with Gasteiger partial charge in [-0.1, -0.05) is 19.3 Å². The molecular formula is C10H13BrO2. The first kappa shape index (κ1) is 9.28. The average molecular weight is 245 g/mol. The molecule has 1 aliphatic rings. The van der Waals surface area contributed by atoms with Crippen molar-refractivity contribution in [2.24, 2.45) is 5.92 Å². The van der Waals surface area contributed by atoms with E-state index in [1.165, 1.54) is 19.3 Å². The van der Waals surface area contributed by atoms with E-state index in [2.05, 4.69) is 15.9 Å². The highest BCUT2D eigenvalue weighted by molar-refractivity contribution is 9.10. The van der Waals surface area contributed by atoms with Crippen LogP contribution in [0.4, 0.5) is 0 Å². The second-order valence-electron chi connectivity index (χ2n) is 3.73. The number of furan rings is 1. The molecule has 1 fully saturated rings. The highest BCUT2D eigenvalue weighted by Gasteiger charge is 2.22. The van der Waals surface area contributed by atoms with Crippen LogP contribution in [0.2, 0.25) is 0 Å². The predicted octanol–water partition coefficient (Wildman–Crippen LogP) is 3.27. The van der Waals surface area contributed by atoms with E-state index in [4.69, 9.17) is 4.42 Å². The fourth-order valence-electron chi connectivity index (χ4n) is 1.68. The summed E-state index contributed by atoms with van der Waals surface area (Å²) in [4.78, 5) is 0. The van der Waals surface area contributed by atoms with Crippen molar-refractivity contribution < 1.29 is 9.52 Å². The van der Waals surface area contributed by atoms with Crippen LogP contribution in [-0.4, -0.2) is 5.11 Å². The molecule has 0 amide bonds. The lowest BCUT2D eigenvalue weighted by molar-refractivity contribution is 0.118. The van der Waals surface area contributed by atoms with E-state index in [-0.39, 0.29) is 6.10 Å². The predicted molar refractivity (Wildman–Crippen MR) is 53.3 cm³/mol. The quantitative estimate of drug-likeness (QED) is 0.886. The van der Waals surface area contributed by atoms with Crippen molar-refractivity contribution in [2.45, 2.75) is 31.8 Å². The van der Waals surface area contributed by atoms with Gasteiger partial charge in [-0.2, -0.15) is 0 Å². The second kappa shape index (κ2) is 3.84. The first-order valence-electron chi connectivity index (χ1n) is 4.67. The highest BCUT2D eigenvalue weighted by atomic mass is 79.9. The Kier molecular flexibility index (Phi) is 2.74. The third-order valence-electron chi connectivity index (χ3n) is 2.75. The molecule has 1 aromatic rings. The van der Waals surface area contributed by atoms with Gasteiger partial charge in [-0.25, -0.2) is 0 Å². The van der Waals surface area contributed by atoms with Crippen molar-refractivity contribution in [3.63, 3.8) is 0 Å². The second-order valence-corrected chi connectivity index (χ2v) is 4.51. The Morgan fingerprint density at radius 1 is 1.62 bits per heavy atom. The van der Waals surface area contributed by atoms with Gasteiger partial charge in [0.1, 0.15) is 0 Å². The van der Waals surface area contributed by atoms with E-state index in [0.29, 0.717) is 4.67 Å². The van der Waals surface area contributed by atoms with E-state index in [0.717, 1.165) is 17.9 Å². The average Bonchev–Trinajstić information content (AvgIpc) is 2.44. The molecule has 0 bridgehead atoms. The van der Waals surface area contributed by atoms with Crippen LogP contribution in [0, 0.1) is 5.92 Å². The summed E-state index contributed by atoms with van der Waals surface area (Å²) < 4.78 is 5.77. The monoisotopic (exact) mass is 244 g/mol. The van der Waals surface area contributed by atoms with Gasteiger partial charge >= 0.3 is 0 Å². The molecule has 2 rings (SSSR count). The molecule has 1 N–H and O–H groups in total. The Bertz CT molecular complexity index is 278. The van der Waals surface area contributed by atoms with Gasteiger partial charge in [-0.15, -0.1) is 0 Å². The fourth-order valence-corrected chi connectivity index (χ4v) is 2.04. The minimum Gasteiger partial charge on any atom is -0.457 e. The van der Waals surface area contributed by atoms with E-state index in [1.54, 1.807) is 6.26 Å². The van der Waals surface area contributed by atoms with Crippen molar-refractivity contribution in [3.8, 4) is 0 Å². The highest BCUT2D eigenvalue weighted by Crippen LogP contribution is 2.35. The Morgan fingerprint density at radius 2 is 2.38 bits per heavy atom. The minimum atomic E-state index is -0.347. The molecule has 0 aromatic carbocycles. The molecule has 72 valence electrons. The summed E-state index contributed by atoms with van der Waals surface area (Å²) >= 11 is 3.22. The number of halogens is 1. The van der Waals surface area contributed by atoms with Crippen LogP contribution in [-0.2, 0) is 0 Å². The summed E-state index contributed by atoms with van der Waals surface area (Å²) in [5, 5.41) is 9.79. The smallest absolute Gasteiger partial charge is 0.169 e. The van der Waals surface area contributed by atoms with Crippen LogP contribution < -0.4 is 0 Å². The number of aliphatic hydroxyl groups is 1. The van der Waals surface area contributed by atoms with Crippen molar-refractivity contribution in [1.82, 2.24) is 0 Å². The molecule has 1 saturated carbocycles. The van der Waals surface area contributed by atoms with Crippen molar-refractivity contribution >= 4 is 15.9 Å². The molecule has 13 heavy (non-hydrogen) atoms. The number of rotatable bonds is 3. The zero-order valence-electron chi connectivity index (χ0n) is 7.37. The lowest BCUT2D eigenvalue weighted by atomic mass is 9.81. The van der Waals surface area contributed by atoms with E-state index in [9.17, 15) is 5.11 Å². The zero-order valence-corrected chi connectivity index (χ0v) is 8.96. The maximum absolute atomic E-state index is 9.79. The van der Waals surface area contributed by atoms with E-state index in [1.807, 2.05) is 6.07 Å². The van der Waals surface area contributed by atoms with Crippen LogP contribution in [0.15, 0.2) is 21.4 Å². The summed E-state index contributed by atoms with van der Waals surface area (Å²) in [5.74, 6) is 0.726. The Labute approximate surface area is 86.1 Å². The summed E-state index contributed by atoms with van der Waals surface area (Å²) in [7, 11) is 0. The number of hydrogen-bond donors (Lipinski definition) is 1. The summed E-state index contributed by atoms with van der Waals surface area (Å²) in [6.07, 6.45) is 6.03. The van der Waals surface area contributed by atoms with Gasteiger partial charge in [0.05, 0.1) is 12.4 Å². The summed E-state index contributed by atoms with van der Waals surface area (Å²) in [5.41, 5.74) is 0.888. The van der Waals surface area contributed by atoms with Crippen LogP contribution in [0.5, 0.6) is 0 Å². The van der Waals surface area contributed by atoms with Gasteiger partial charge < -0.3 is 9.52 Å². The molecule has 1 heterocycles. The molecular weight excluding hydrogens is 232 g/mol. The van der Waals surface area contributed by atoms with Crippen LogP contribution >= 0.6 is 15.9 Å². The Morgan fingerprint density at radius 3 is 2.85 bits per heavy atom. The molecule has 3 heteroatoms. The maximum Gasteiger partial charge on any atom is 0.169 e. The SMILES string of the molecule is OC(CC1CCC1)c1coc(Br)c1. The number of hydrogen-bond acceptors (Lipinski definition) is 2. The lowest BCUT2D eigenvalue weighted by Gasteiger charge is -2.27. The Balaban J connectivity index is 1.92. The van der Waals surface area contributed by atoms with Crippen molar-refractivity contribution in [1.29, 1.82) is 0 Å². The minimum absolute atomic E-state index is 0.347. The fraction of sp³-hybridized carbons (Fsp3) is 0.600. The molecule has 1 unspecified atom stereocenters. The molecule has 1 aliphatic carbocycles. The summed E-state index contributed by atoms with van der Waals surface area (Å²) in [6, 6.07) is 1.84. The van der Waals surface area contributed by atoms with E-state index >= 15 is 0 Å². The van der Waals surface area contributed by atoms with Gasteiger partial charge in [-0.3, -0.25) is 0 Å². The molecule has 0 aliphatic heterocycles. The first-order chi connectivity index (χ1) is 6.25. The Hall–Kier alpha value is -0.280. The van der Waals surface area contributed by atoms with Gasteiger partial charge in [0.2, 0.25) is 0 Å². The first-order valence-corrected chi connectivity index (χ1v) is 5.47. The third-order valence-corrected chi connectivity index (χ3v) is 3.17. The standard InChI is InChI=1S/C10H13BrO2/c11-10-5-8(6-13-10)9(12)4-7-2-1-3-7/h5-7,9,12H,1-4H2. The largest absolute Gasteiger partial charge is 0.457 e. The normalized spacial score (nSPS) is 19.8. The van der Waals surface area contributed by atoms with Crippen LogP contribution in [0.25, 0.3) is 0 Å². The van der Waals surface area contributed by atoms with Crippen LogP contribution in [0.3, 0.4) is 0 Å². The van der Waals surface area contributed by atoms with Gasteiger partial charge in [-0.05, 0) is 34.3 Å². The molecule has 0 radical (unpaired) electrons. The van der Waals surface area contributed by atoms with Crippen molar-refractivity contribution in [3.05, 3.63) is 22.6 Å². The van der Waals surface area contributed by atoms with Gasteiger partial charge in [0, 0.05) is 5.56 Å². The number of aliphatic hydroxyl groups excluding tert-OH is 1. The molecule has 0 saturated heterocycles. The molecule has 1 aromatic heterocycles. The summed E-state index contributed by atoms with van der Waals surface area (Å²) in [6.45, 7) is 0. The lowest BCUT2D eigenvalue weighted by Crippen LogP contribution is -2.14. The van der Waals surface area contributed by atoms with Crippen LogP contribution in [0.1, 0.15) is 37.4 Å². The van der Waals surface area contributed by atoms with Crippen molar-refractivity contribution in [2.75, 3.05) is 0 Å². The van der Waals surface area contributed by atoms with Gasteiger partial charge in [0.25, 0.3) is 0 Å². The molecule has 1 atom stereocenters. The zero-order chi connectivity index (χ0) is 9.26. The molecule has 0 spiro atoms. The van der Waals surface area contributed by atoms with Gasteiger partial charge in [0.15, 0.2) is 4.67 Å². The topological polar surface area (TPSA) is 33.4 Å².